The maximum absolute atomic E-state index is 8.74. The van der Waals surface area contributed by atoms with E-state index in [1.807, 2.05) is 20.8 Å². The van der Waals surface area contributed by atoms with Crippen LogP contribution >= 0.6 is 0 Å². The first kappa shape index (κ1) is 17.2. The quantitative estimate of drug-likeness (QED) is 0.515. The molecule has 0 aliphatic heterocycles. The fourth-order valence-electron chi connectivity index (χ4n) is 0.553. The molecule has 0 fully saturated rings. The van der Waals surface area contributed by atoms with Crippen LogP contribution < -0.4 is 0 Å². The van der Waals surface area contributed by atoms with Gasteiger partial charge < -0.3 is 14.0 Å². The van der Waals surface area contributed by atoms with Crippen LogP contribution in [0.3, 0.4) is 0 Å². The van der Waals surface area contributed by atoms with E-state index >= 15 is 0 Å². The predicted molar refractivity (Wildman–Crippen MR) is 54.8 cm³/mol. The average molecular weight is 244 g/mol. The SMILES string of the molecule is CCOB(OCC)OCC.O=S(=O)(O)O. The van der Waals surface area contributed by atoms with Crippen molar-refractivity contribution in [3.8, 4) is 0 Å². The highest BCUT2D eigenvalue weighted by Gasteiger charge is 2.17. The Morgan fingerprint density at radius 1 is 0.933 bits per heavy atom. The van der Waals surface area contributed by atoms with E-state index in [1.165, 1.54) is 0 Å². The normalized spacial score (nSPS) is 10.5. The Labute approximate surface area is 90.5 Å². The molecule has 0 saturated heterocycles. The van der Waals surface area contributed by atoms with Crippen LogP contribution in [0.15, 0.2) is 0 Å². The lowest BCUT2D eigenvalue weighted by Gasteiger charge is -2.09. The van der Waals surface area contributed by atoms with Crippen LogP contribution in [0.2, 0.25) is 0 Å². The summed E-state index contributed by atoms with van der Waals surface area (Å²) < 4.78 is 46.8. The summed E-state index contributed by atoms with van der Waals surface area (Å²) in [6.07, 6.45) is 0. The van der Waals surface area contributed by atoms with Gasteiger partial charge in [-0.15, -0.1) is 0 Å². The summed E-state index contributed by atoms with van der Waals surface area (Å²) in [7, 11) is -5.14. The molecule has 0 heterocycles. The van der Waals surface area contributed by atoms with Gasteiger partial charge in [-0.05, 0) is 20.8 Å². The van der Waals surface area contributed by atoms with Gasteiger partial charge in [0, 0.05) is 19.8 Å². The third-order valence-electron chi connectivity index (χ3n) is 0.908. The fraction of sp³-hybridized carbons (Fsp3) is 1.00. The van der Waals surface area contributed by atoms with E-state index in [0.29, 0.717) is 19.8 Å². The van der Waals surface area contributed by atoms with Crippen molar-refractivity contribution < 1.29 is 31.5 Å². The van der Waals surface area contributed by atoms with Gasteiger partial charge >= 0.3 is 17.7 Å². The number of rotatable bonds is 6. The van der Waals surface area contributed by atoms with E-state index in [-0.39, 0.29) is 0 Å². The van der Waals surface area contributed by atoms with Gasteiger partial charge in [0.2, 0.25) is 0 Å². The molecule has 92 valence electrons. The molecule has 0 radical (unpaired) electrons. The zero-order chi connectivity index (χ0) is 12.3. The minimum Gasteiger partial charge on any atom is -0.386 e. The van der Waals surface area contributed by atoms with Crippen molar-refractivity contribution in [1.29, 1.82) is 0 Å². The first-order valence-electron chi connectivity index (χ1n) is 4.39. The molecular weight excluding hydrogens is 227 g/mol. The molecule has 0 aromatic rings. The van der Waals surface area contributed by atoms with E-state index in [4.69, 9.17) is 31.5 Å². The largest absolute Gasteiger partial charge is 0.639 e. The van der Waals surface area contributed by atoms with Crippen molar-refractivity contribution in [3.05, 3.63) is 0 Å². The summed E-state index contributed by atoms with van der Waals surface area (Å²) in [4.78, 5) is 0. The van der Waals surface area contributed by atoms with Gasteiger partial charge in [0.1, 0.15) is 0 Å². The molecule has 0 bridgehead atoms. The van der Waals surface area contributed by atoms with E-state index in [1.54, 1.807) is 0 Å². The first-order valence-corrected chi connectivity index (χ1v) is 5.79. The second-order valence-corrected chi connectivity index (χ2v) is 3.00. The van der Waals surface area contributed by atoms with Crippen LogP contribution in [0.25, 0.3) is 0 Å². The second kappa shape index (κ2) is 10.3. The maximum atomic E-state index is 8.74. The lowest BCUT2D eigenvalue weighted by Crippen LogP contribution is -2.27. The Balaban J connectivity index is 0. The van der Waals surface area contributed by atoms with Gasteiger partial charge in [0.25, 0.3) is 0 Å². The minimum atomic E-state index is -4.67. The minimum absolute atomic E-state index is 0.472. The van der Waals surface area contributed by atoms with Gasteiger partial charge in [0.05, 0.1) is 0 Å². The highest BCUT2D eigenvalue weighted by molar-refractivity contribution is 7.79. The topological polar surface area (TPSA) is 102 Å². The van der Waals surface area contributed by atoms with Crippen LogP contribution in [-0.2, 0) is 24.4 Å². The Kier molecular flexibility index (Phi) is 11.9. The van der Waals surface area contributed by atoms with Crippen molar-refractivity contribution in [1.82, 2.24) is 0 Å². The van der Waals surface area contributed by atoms with Gasteiger partial charge in [-0.2, -0.15) is 8.42 Å². The zero-order valence-electron chi connectivity index (χ0n) is 9.04. The molecule has 0 amide bonds. The molecule has 0 rings (SSSR count). The third-order valence-corrected chi connectivity index (χ3v) is 0.908. The molecule has 0 aliphatic carbocycles. The number of hydrogen-bond donors (Lipinski definition) is 2. The van der Waals surface area contributed by atoms with E-state index in [2.05, 4.69) is 0 Å². The van der Waals surface area contributed by atoms with E-state index in [0.717, 1.165) is 0 Å². The molecule has 0 aliphatic rings. The van der Waals surface area contributed by atoms with Crippen LogP contribution in [0.4, 0.5) is 0 Å². The smallest absolute Gasteiger partial charge is 0.386 e. The summed E-state index contributed by atoms with van der Waals surface area (Å²) in [5.41, 5.74) is 0. The van der Waals surface area contributed by atoms with Crippen LogP contribution in [0.1, 0.15) is 20.8 Å². The van der Waals surface area contributed by atoms with Crippen molar-refractivity contribution in [2.24, 2.45) is 0 Å². The van der Waals surface area contributed by atoms with Crippen molar-refractivity contribution in [3.63, 3.8) is 0 Å². The molecule has 7 nitrogen and oxygen atoms in total. The third kappa shape index (κ3) is 24.8. The van der Waals surface area contributed by atoms with Crippen molar-refractivity contribution in [2.45, 2.75) is 20.8 Å². The summed E-state index contributed by atoms with van der Waals surface area (Å²) in [5, 5.41) is 0. The molecule has 0 spiro atoms. The van der Waals surface area contributed by atoms with Gasteiger partial charge in [0.15, 0.2) is 0 Å². The molecule has 0 aromatic heterocycles. The number of hydrogen-bond acceptors (Lipinski definition) is 5. The summed E-state index contributed by atoms with van der Waals surface area (Å²) >= 11 is 0. The lowest BCUT2D eigenvalue weighted by molar-refractivity contribution is 0.107. The summed E-state index contributed by atoms with van der Waals surface area (Å²) in [5.74, 6) is 0. The molecule has 15 heavy (non-hydrogen) atoms. The molecule has 0 unspecified atom stereocenters. The molecule has 9 heteroatoms. The van der Waals surface area contributed by atoms with Crippen molar-refractivity contribution >= 4 is 17.7 Å². The molecule has 0 aromatic carbocycles. The van der Waals surface area contributed by atoms with Crippen LogP contribution in [0.5, 0.6) is 0 Å². The molecule has 0 atom stereocenters. The second-order valence-electron chi connectivity index (χ2n) is 2.10. The highest BCUT2D eigenvalue weighted by atomic mass is 32.3. The van der Waals surface area contributed by atoms with E-state index < -0.39 is 17.7 Å². The Morgan fingerprint density at radius 3 is 1.27 bits per heavy atom. The maximum Gasteiger partial charge on any atom is 0.639 e. The molecule has 0 saturated carbocycles. The van der Waals surface area contributed by atoms with E-state index in [9.17, 15) is 0 Å². The summed E-state index contributed by atoms with van der Waals surface area (Å²) in [6.45, 7) is 7.57. The van der Waals surface area contributed by atoms with Crippen molar-refractivity contribution in [2.75, 3.05) is 19.8 Å². The highest BCUT2D eigenvalue weighted by Crippen LogP contribution is 1.91. The first-order chi connectivity index (χ1) is 6.85. The Bertz CT molecular complexity index is 195. The van der Waals surface area contributed by atoms with Gasteiger partial charge in [-0.3, -0.25) is 9.11 Å². The van der Waals surface area contributed by atoms with Gasteiger partial charge in [-0.1, -0.05) is 0 Å². The van der Waals surface area contributed by atoms with Gasteiger partial charge in [-0.25, -0.2) is 0 Å². The monoisotopic (exact) mass is 244 g/mol. The average Bonchev–Trinajstić information content (AvgIpc) is 2.02. The van der Waals surface area contributed by atoms with Crippen LogP contribution in [-0.4, -0.2) is 44.7 Å². The fourth-order valence-corrected chi connectivity index (χ4v) is 0.553. The Morgan fingerprint density at radius 2 is 1.13 bits per heavy atom. The van der Waals surface area contributed by atoms with Crippen LogP contribution in [0, 0.1) is 0 Å². The summed E-state index contributed by atoms with van der Waals surface area (Å²) in [6, 6.07) is 0. The predicted octanol–water partition coefficient (Wildman–Crippen LogP) is 0.428. The Hall–Kier alpha value is -0.185. The lowest BCUT2D eigenvalue weighted by atomic mass is 10.2. The molecular formula is C6H17BO7S. The molecule has 2 N–H and O–H groups in total. The zero-order valence-corrected chi connectivity index (χ0v) is 9.86. The standard InChI is InChI=1S/C6H15BO3.H2O4S/c1-4-8-7(9-5-2)10-6-3;1-5(2,3)4/h4-6H2,1-3H3;(H2,1,2,3,4).